The predicted octanol–water partition coefficient (Wildman–Crippen LogP) is 2.82. The van der Waals surface area contributed by atoms with Crippen molar-refractivity contribution < 1.29 is 4.79 Å². The summed E-state index contributed by atoms with van der Waals surface area (Å²) in [5, 5.41) is 9.05. The normalized spacial score (nSPS) is 16.2. The molecule has 2 aromatic heterocycles. The summed E-state index contributed by atoms with van der Waals surface area (Å²) < 4.78 is 1.74. The topological polar surface area (TPSA) is 79.2 Å². The minimum Gasteiger partial charge on any atom is -0.353 e. The first-order valence-electron chi connectivity index (χ1n) is 9.31. The Morgan fingerprint density at radius 3 is 2.66 bits per heavy atom. The molecule has 3 heterocycles. The predicted molar refractivity (Wildman–Crippen MR) is 115 cm³/mol. The Morgan fingerprint density at radius 2 is 1.93 bits per heavy atom. The first kappa shape index (κ1) is 19.9. The number of carbonyl (C=O) groups excluding carboxylic acids is 1. The van der Waals surface area contributed by atoms with Gasteiger partial charge in [0, 0.05) is 38.2 Å². The van der Waals surface area contributed by atoms with Crippen LogP contribution in [-0.4, -0.2) is 62.8 Å². The van der Waals surface area contributed by atoms with Crippen molar-refractivity contribution in [1.82, 2.24) is 24.6 Å². The summed E-state index contributed by atoms with van der Waals surface area (Å²) in [5.41, 5.74) is 1.37. The van der Waals surface area contributed by atoms with E-state index in [1.54, 1.807) is 35.4 Å². The fraction of sp³-hybridized carbons (Fsp3) is 0.368. The van der Waals surface area contributed by atoms with Crippen LogP contribution in [0.5, 0.6) is 0 Å². The van der Waals surface area contributed by atoms with Crippen molar-refractivity contribution in [2.45, 2.75) is 13.0 Å². The molecule has 152 valence electrons. The Bertz CT molecular complexity index is 1050. The molecule has 8 nitrogen and oxygen atoms in total. The van der Waals surface area contributed by atoms with Crippen LogP contribution in [-0.2, 0) is 11.8 Å². The number of piperazine rings is 1. The number of rotatable bonds is 4. The monoisotopic (exact) mass is 433 g/mol. The summed E-state index contributed by atoms with van der Waals surface area (Å²) in [7, 11) is 1.87. The second-order valence-electron chi connectivity index (χ2n) is 7.02. The molecule has 1 aliphatic rings. The molecule has 1 N–H and O–H groups in total. The molecule has 0 saturated carbocycles. The van der Waals surface area contributed by atoms with Gasteiger partial charge >= 0.3 is 0 Å². The molecule has 1 aromatic carbocycles. The van der Waals surface area contributed by atoms with Crippen LogP contribution in [0.4, 0.5) is 11.5 Å². The molecule has 0 aliphatic carbocycles. The van der Waals surface area contributed by atoms with Gasteiger partial charge in [-0.15, -0.1) is 0 Å². The van der Waals surface area contributed by atoms with E-state index in [1.165, 1.54) is 0 Å². The highest BCUT2D eigenvalue weighted by atomic mass is 35.5. The number of aromatic nitrogens is 4. The number of anilines is 2. The minimum absolute atomic E-state index is 0.0978. The zero-order chi connectivity index (χ0) is 20.5. The molecule has 0 spiro atoms. The SMILES string of the molecule is C[C@H](C(=O)Nc1ccc(Cl)cc1Cl)N1CCN(c2ncnc3c2cnn3C)CC1. The van der Waals surface area contributed by atoms with Gasteiger partial charge in [0.05, 0.1) is 28.3 Å². The number of amides is 1. The first-order valence-corrected chi connectivity index (χ1v) is 10.1. The van der Waals surface area contributed by atoms with Crippen molar-refractivity contribution in [2.24, 2.45) is 7.05 Å². The number of hydrogen-bond acceptors (Lipinski definition) is 6. The largest absolute Gasteiger partial charge is 0.353 e. The maximum Gasteiger partial charge on any atom is 0.241 e. The summed E-state index contributed by atoms with van der Waals surface area (Å²) in [6.07, 6.45) is 3.36. The fourth-order valence-corrected chi connectivity index (χ4v) is 3.97. The van der Waals surface area contributed by atoms with Crippen molar-refractivity contribution in [3.05, 3.63) is 40.8 Å². The van der Waals surface area contributed by atoms with Crippen LogP contribution in [0.2, 0.25) is 10.0 Å². The maximum atomic E-state index is 12.7. The number of nitrogens with one attached hydrogen (secondary N) is 1. The van der Waals surface area contributed by atoms with Gasteiger partial charge in [0.15, 0.2) is 5.65 Å². The van der Waals surface area contributed by atoms with E-state index in [1.807, 2.05) is 14.0 Å². The molecule has 1 amide bonds. The lowest BCUT2D eigenvalue weighted by atomic mass is 10.2. The third kappa shape index (κ3) is 4.01. The van der Waals surface area contributed by atoms with E-state index in [2.05, 4.69) is 30.2 Å². The number of halogens is 2. The Kier molecular flexibility index (Phi) is 5.58. The van der Waals surface area contributed by atoms with Gasteiger partial charge in [-0.2, -0.15) is 5.10 Å². The molecule has 1 atom stereocenters. The first-order chi connectivity index (χ1) is 13.9. The van der Waals surface area contributed by atoms with Gasteiger partial charge < -0.3 is 10.2 Å². The van der Waals surface area contributed by atoms with Crippen LogP contribution in [0.25, 0.3) is 11.0 Å². The van der Waals surface area contributed by atoms with Gasteiger partial charge in [-0.25, -0.2) is 9.97 Å². The van der Waals surface area contributed by atoms with E-state index < -0.39 is 0 Å². The standard InChI is InChI=1S/C19H21Cl2N7O/c1-12(19(29)25-16-4-3-13(20)9-15(16)21)27-5-7-28(8-6-27)18-14-10-24-26(2)17(14)22-11-23-18/h3-4,9-12H,5-8H2,1-2H3,(H,25,29)/t12-/m1/s1. The molecule has 0 unspecified atom stereocenters. The molecule has 29 heavy (non-hydrogen) atoms. The molecular formula is C19H21Cl2N7O. The van der Waals surface area contributed by atoms with E-state index in [4.69, 9.17) is 23.2 Å². The van der Waals surface area contributed by atoms with Gasteiger partial charge in [-0.1, -0.05) is 23.2 Å². The number of benzene rings is 1. The summed E-state index contributed by atoms with van der Waals surface area (Å²) in [5.74, 6) is 0.784. The third-order valence-corrected chi connectivity index (χ3v) is 5.79. The highest BCUT2D eigenvalue weighted by molar-refractivity contribution is 6.36. The van der Waals surface area contributed by atoms with Gasteiger partial charge in [-0.3, -0.25) is 14.4 Å². The second kappa shape index (κ2) is 8.14. The van der Waals surface area contributed by atoms with Crippen molar-refractivity contribution in [3.8, 4) is 0 Å². The van der Waals surface area contributed by atoms with E-state index in [-0.39, 0.29) is 11.9 Å². The number of fused-ring (bicyclic) bond motifs is 1. The van der Waals surface area contributed by atoms with Crippen LogP contribution in [0, 0.1) is 0 Å². The van der Waals surface area contributed by atoms with E-state index >= 15 is 0 Å². The molecular weight excluding hydrogens is 413 g/mol. The molecule has 1 aliphatic heterocycles. The van der Waals surface area contributed by atoms with Crippen molar-refractivity contribution >= 4 is 51.6 Å². The maximum absolute atomic E-state index is 12.7. The van der Waals surface area contributed by atoms with Gasteiger partial charge in [0.25, 0.3) is 0 Å². The fourth-order valence-electron chi connectivity index (χ4n) is 3.52. The van der Waals surface area contributed by atoms with E-state index in [9.17, 15) is 4.79 Å². The van der Waals surface area contributed by atoms with Gasteiger partial charge in [0.2, 0.25) is 5.91 Å². The summed E-state index contributed by atoms with van der Waals surface area (Å²) in [6.45, 7) is 4.92. The smallest absolute Gasteiger partial charge is 0.241 e. The number of hydrogen-bond donors (Lipinski definition) is 1. The Morgan fingerprint density at radius 1 is 1.17 bits per heavy atom. The third-order valence-electron chi connectivity index (χ3n) is 5.24. The van der Waals surface area contributed by atoms with E-state index in [0.717, 1.165) is 43.0 Å². The quantitative estimate of drug-likeness (QED) is 0.681. The van der Waals surface area contributed by atoms with Crippen LogP contribution in [0.15, 0.2) is 30.7 Å². The molecule has 4 rings (SSSR count). The average molecular weight is 434 g/mol. The lowest BCUT2D eigenvalue weighted by molar-refractivity contribution is -0.120. The summed E-state index contributed by atoms with van der Waals surface area (Å²) >= 11 is 12.1. The van der Waals surface area contributed by atoms with Crippen LogP contribution in [0.3, 0.4) is 0 Å². The Balaban J connectivity index is 1.40. The lowest BCUT2D eigenvalue weighted by Crippen LogP contribution is -2.53. The molecule has 0 radical (unpaired) electrons. The van der Waals surface area contributed by atoms with Crippen LogP contribution >= 0.6 is 23.2 Å². The van der Waals surface area contributed by atoms with Crippen molar-refractivity contribution in [2.75, 3.05) is 36.4 Å². The number of aryl methyl sites for hydroxylation is 1. The van der Waals surface area contributed by atoms with Crippen molar-refractivity contribution in [1.29, 1.82) is 0 Å². The Hall–Kier alpha value is -2.42. The van der Waals surface area contributed by atoms with Crippen LogP contribution < -0.4 is 10.2 Å². The summed E-state index contributed by atoms with van der Waals surface area (Å²) in [4.78, 5) is 25.8. The Labute approximate surface area is 178 Å². The van der Waals surface area contributed by atoms with Gasteiger partial charge in [0.1, 0.15) is 12.1 Å². The lowest BCUT2D eigenvalue weighted by Gasteiger charge is -2.38. The highest BCUT2D eigenvalue weighted by Crippen LogP contribution is 2.26. The summed E-state index contributed by atoms with van der Waals surface area (Å²) in [6, 6.07) is 4.74. The zero-order valence-electron chi connectivity index (χ0n) is 16.1. The van der Waals surface area contributed by atoms with Crippen molar-refractivity contribution in [3.63, 3.8) is 0 Å². The molecule has 10 heteroatoms. The van der Waals surface area contributed by atoms with Crippen LogP contribution in [0.1, 0.15) is 6.92 Å². The molecule has 0 bridgehead atoms. The molecule has 3 aromatic rings. The molecule has 1 saturated heterocycles. The number of nitrogens with zero attached hydrogens (tertiary/aromatic N) is 6. The molecule has 1 fully saturated rings. The zero-order valence-corrected chi connectivity index (χ0v) is 17.7. The number of carbonyl (C=O) groups is 1. The van der Waals surface area contributed by atoms with E-state index in [0.29, 0.717) is 15.7 Å². The average Bonchev–Trinajstić information content (AvgIpc) is 3.11. The minimum atomic E-state index is -0.285. The second-order valence-corrected chi connectivity index (χ2v) is 7.86. The van der Waals surface area contributed by atoms with Gasteiger partial charge in [-0.05, 0) is 25.1 Å². The highest BCUT2D eigenvalue weighted by Gasteiger charge is 2.27.